The molecule has 2 N–H and O–H groups in total. The number of rotatable bonds is 6. The molecule has 3 aromatic rings. The first-order valence-corrected chi connectivity index (χ1v) is 9.39. The Morgan fingerprint density at radius 1 is 1.23 bits per heavy atom. The van der Waals surface area contributed by atoms with E-state index >= 15 is 0 Å². The lowest BCUT2D eigenvalue weighted by molar-refractivity contribution is 0.467. The Morgan fingerprint density at radius 2 is 2.04 bits per heavy atom. The number of anilines is 2. The van der Waals surface area contributed by atoms with Gasteiger partial charge in [0.15, 0.2) is 0 Å². The lowest BCUT2D eigenvalue weighted by Crippen LogP contribution is -2.07. The van der Waals surface area contributed by atoms with E-state index in [-0.39, 0.29) is 0 Å². The molecule has 0 unspecified atom stereocenters. The lowest BCUT2D eigenvalue weighted by Gasteiger charge is -2.09. The van der Waals surface area contributed by atoms with Crippen LogP contribution in [-0.2, 0) is 13.0 Å². The van der Waals surface area contributed by atoms with Gasteiger partial charge in [-0.05, 0) is 33.6 Å². The predicted octanol–water partition coefficient (Wildman–Crippen LogP) is 3.28. The van der Waals surface area contributed by atoms with Crippen LogP contribution in [0.2, 0.25) is 0 Å². The Kier molecular flexibility index (Phi) is 4.48. The van der Waals surface area contributed by atoms with Gasteiger partial charge in [0.05, 0.1) is 23.6 Å². The molecule has 0 amide bonds. The molecular formula is C18H26N8. The van der Waals surface area contributed by atoms with E-state index in [4.69, 9.17) is 0 Å². The van der Waals surface area contributed by atoms with Crippen molar-refractivity contribution in [2.75, 3.05) is 5.32 Å². The van der Waals surface area contributed by atoms with E-state index < -0.39 is 0 Å². The molecule has 138 valence electrons. The smallest absolute Gasteiger partial charge is 0.229 e. The highest BCUT2D eigenvalue weighted by atomic mass is 15.4. The Bertz CT molecular complexity index is 862. The third-order valence-electron chi connectivity index (χ3n) is 5.32. The van der Waals surface area contributed by atoms with Crippen molar-refractivity contribution in [3.63, 3.8) is 0 Å². The van der Waals surface area contributed by atoms with Gasteiger partial charge >= 0.3 is 0 Å². The Hall–Kier alpha value is -2.64. The highest BCUT2D eigenvalue weighted by Crippen LogP contribution is 2.30. The summed E-state index contributed by atoms with van der Waals surface area (Å²) < 4.78 is 4.19. The van der Waals surface area contributed by atoms with Crippen LogP contribution in [0.4, 0.5) is 11.6 Å². The molecule has 1 aliphatic rings. The molecule has 0 saturated heterocycles. The van der Waals surface area contributed by atoms with E-state index in [1.165, 1.54) is 31.2 Å². The summed E-state index contributed by atoms with van der Waals surface area (Å²) in [5.74, 6) is 1.69. The van der Waals surface area contributed by atoms with Crippen LogP contribution in [0.25, 0.3) is 0 Å². The second-order valence-electron chi connectivity index (χ2n) is 7.05. The standard InChI is InChI=1S/C18H26N8/c1-4-25-17(9-16-12(2)21-22-13(16)3)23-24-18(25)20-14-10-19-26(11-14)15-7-5-6-8-15/h10-11,15H,4-9H2,1-3H3,(H,20,24)(H,21,22). The first-order chi connectivity index (χ1) is 12.7. The van der Waals surface area contributed by atoms with Crippen molar-refractivity contribution in [1.82, 2.24) is 34.7 Å². The maximum atomic E-state index is 4.52. The van der Waals surface area contributed by atoms with E-state index in [1.54, 1.807) is 0 Å². The van der Waals surface area contributed by atoms with Crippen LogP contribution in [0.15, 0.2) is 12.4 Å². The third kappa shape index (κ3) is 3.11. The van der Waals surface area contributed by atoms with E-state index in [0.29, 0.717) is 6.04 Å². The van der Waals surface area contributed by atoms with Crippen molar-refractivity contribution in [2.45, 2.75) is 65.5 Å². The zero-order valence-corrected chi connectivity index (χ0v) is 15.7. The molecule has 4 rings (SSSR count). The molecule has 8 heteroatoms. The van der Waals surface area contributed by atoms with Gasteiger partial charge in [0, 0.05) is 30.4 Å². The molecule has 1 fully saturated rings. The molecule has 3 heterocycles. The third-order valence-corrected chi connectivity index (χ3v) is 5.32. The summed E-state index contributed by atoms with van der Waals surface area (Å²) >= 11 is 0. The second kappa shape index (κ2) is 6.93. The summed E-state index contributed by atoms with van der Waals surface area (Å²) in [4.78, 5) is 0. The fraction of sp³-hybridized carbons (Fsp3) is 0.556. The number of aromatic nitrogens is 7. The van der Waals surface area contributed by atoms with E-state index in [2.05, 4.69) is 53.2 Å². The molecule has 1 aliphatic carbocycles. The number of hydrogen-bond donors (Lipinski definition) is 2. The van der Waals surface area contributed by atoms with Crippen LogP contribution in [0.3, 0.4) is 0 Å². The Morgan fingerprint density at radius 3 is 2.73 bits per heavy atom. The van der Waals surface area contributed by atoms with Crippen molar-refractivity contribution < 1.29 is 0 Å². The van der Waals surface area contributed by atoms with Gasteiger partial charge in [-0.1, -0.05) is 12.8 Å². The molecule has 0 spiro atoms. The average Bonchev–Trinajstić information content (AvgIpc) is 3.40. The number of aryl methyl sites for hydroxylation is 2. The first kappa shape index (κ1) is 16.8. The average molecular weight is 354 g/mol. The van der Waals surface area contributed by atoms with E-state index in [9.17, 15) is 0 Å². The van der Waals surface area contributed by atoms with Gasteiger partial charge in [-0.3, -0.25) is 14.3 Å². The molecule has 3 aromatic heterocycles. The summed E-state index contributed by atoms with van der Waals surface area (Å²) in [6.45, 7) is 6.97. The Labute approximate surface area is 153 Å². The van der Waals surface area contributed by atoms with Gasteiger partial charge in [0.25, 0.3) is 0 Å². The zero-order chi connectivity index (χ0) is 18.1. The summed E-state index contributed by atoms with van der Waals surface area (Å²) in [6.07, 6.45) is 9.71. The van der Waals surface area contributed by atoms with Gasteiger partial charge in [-0.25, -0.2) is 0 Å². The number of hydrogen-bond acceptors (Lipinski definition) is 5. The number of aromatic amines is 1. The molecule has 0 aromatic carbocycles. The van der Waals surface area contributed by atoms with Crippen molar-refractivity contribution in [3.8, 4) is 0 Å². The van der Waals surface area contributed by atoms with Crippen LogP contribution in [0.5, 0.6) is 0 Å². The fourth-order valence-corrected chi connectivity index (χ4v) is 3.78. The highest BCUT2D eigenvalue weighted by molar-refractivity contribution is 5.51. The van der Waals surface area contributed by atoms with Gasteiger partial charge in [0.1, 0.15) is 5.82 Å². The van der Waals surface area contributed by atoms with Gasteiger partial charge in [0.2, 0.25) is 5.95 Å². The maximum absolute atomic E-state index is 4.52. The lowest BCUT2D eigenvalue weighted by atomic mass is 10.1. The second-order valence-corrected chi connectivity index (χ2v) is 7.05. The fourth-order valence-electron chi connectivity index (χ4n) is 3.78. The number of H-pyrrole nitrogens is 1. The van der Waals surface area contributed by atoms with Crippen molar-refractivity contribution in [1.29, 1.82) is 0 Å². The van der Waals surface area contributed by atoms with Crippen LogP contribution in [0.1, 0.15) is 61.4 Å². The van der Waals surface area contributed by atoms with E-state index in [1.807, 2.05) is 20.0 Å². The normalized spacial score (nSPS) is 15.0. The van der Waals surface area contributed by atoms with E-state index in [0.717, 1.165) is 41.8 Å². The summed E-state index contributed by atoms with van der Waals surface area (Å²) in [7, 11) is 0. The quantitative estimate of drug-likeness (QED) is 0.709. The highest BCUT2D eigenvalue weighted by Gasteiger charge is 2.19. The number of nitrogens with zero attached hydrogens (tertiary/aromatic N) is 6. The summed E-state index contributed by atoms with van der Waals surface area (Å²) in [5, 5.41) is 24.0. The predicted molar refractivity (Wildman–Crippen MR) is 99.6 cm³/mol. The maximum Gasteiger partial charge on any atom is 0.229 e. The van der Waals surface area contributed by atoms with Gasteiger partial charge in [-0.2, -0.15) is 10.2 Å². The topological polar surface area (TPSA) is 89.2 Å². The minimum absolute atomic E-state index is 0.539. The number of nitrogens with one attached hydrogen (secondary N) is 2. The van der Waals surface area contributed by atoms with Crippen LogP contribution < -0.4 is 5.32 Å². The molecule has 0 radical (unpaired) electrons. The van der Waals surface area contributed by atoms with Crippen molar-refractivity contribution in [3.05, 3.63) is 35.2 Å². The van der Waals surface area contributed by atoms with Crippen molar-refractivity contribution in [2.24, 2.45) is 0 Å². The molecule has 0 bridgehead atoms. The minimum Gasteiger partial charge on any atom is -0.322 e. The van der Waals surface area contributed by atoms with Crippen LogP contribution in [0, 0.1) is 13.8 Å². The first-order valence-electron chi connectivity index (χ1n) is 9.39. The van der Waals surface area contributed by atoms with Crippen LogP contribution in [-0.4, -0.2) is 34.7 Å². The molecule has 8 nitrogen and oxygen atoms in total. The SMILES string of the molecule is CCn1c(Cc2c(C)n[nH]c2C)nnc1Nc1cnn(C2CCCC2)c1. The Balaban J connectivity index is 1.53. The monoisotopic (exact) mass is 354 g/mol. The van der Waals surface area contributed by atoms with Crippen molar-refractivity contribution >= 4 is 11.6 Å². The van der Waals surface area contributed by atoms with Crippen LogP contribution >= 0.6 is 0 Å². The minimum atomic E-state index is 0.539. The largest absolute Gasteiger partial charge is 0.322 e. The molecule has 0 atom stereocenters. The summed E-state index contributed by atoms with van der Waals surface area (Å²) in [5.41, 5.74) is 4.25. The molecular weight excluding hydrogens is 328 g/mol. The zero-order valence-electron chi connectivity index (χ0n) is 15.7. The van der Waals surface area contributed by atoms with Gasteiger partial charge < -0.3 is 5.32 Å². The van der Waals surface area contributed by atoms with Gasteiger partial charge in [-0.15, -0.1) is 10.2 Å². The summed E-state index contributed by atoms with van der Waals surface area (Å²) in [6, 6.07) is 0.539. The molecule has 26 heavy (non-hydrogen) atoms. The molecule has 1 saturated carbocycles. The molecule has 0 aliphatic heterocycles.